The Morgan fingerprint density at radius 2 is 1.90 bits per heavy atom. The predicted octanol–water partition coefficient (Wildman–Crippen LogP) is 4.33. The number of ether oxygens (including phenoxy) is 1. The molecule has 0 saturated carbocycles. The first-order chi connectivity index (χ1) is 13.9. The van der Waals surface area contributed by atoms with E-state index in [1.807, 2.05) is 38.1 Å². The van der Waals surface area contributed by atoms with Gasteiger partial charge in [-0.3, -0.25) is 4.79 Å². The van der Waals surface area contributed by atoms with Gasteiger partial charge in [0.25, 0.3) is 5.91 Å². The maximum atomic E-state index is 12.4. The van der Waals surface area contributed by atoms with E-state index >= 15 is 0 Å². The quantitative estimate of drug-likeness (QED) is 0.584. The second-order valence-corrected chi connectivity index (χ2v) is 7.74. The number of nitrogens with zero attached hydrogens (tertiary/aromatic N) is 3. The molecule has 0 spiro atoms. The molecule has 0 saturated heterocycles. The van der Waals surface area contributed by atoms with Crippen molar-refractivity contribution in [2.24, 2.45) is 0 Å². The highest BCUT2D eigenvalue weighted by molar-refractivity contribution is 7.13. The molecule has 1 aromatic carbocycles. The number of hydrogen-bond acceptors (Lipinski definition) is 6. The van der Waals surface area contributed by atoms with E-state index in [1.165, 1.54) is 23.8 Å². The van der Waals surface area contributed by atoms with Gasteiger partial charge in [-0.15, -0.1) is 11.3 Å². The average molecular weight is 413 g/mol. The van der Waals surface area contributed by atoms with Gasteiger partial charge >= 0.3 is 5.97 Å². The van der Waals surface area contributed by atoms with E-state index in [2.05, 4.69) is 22.3 Å². The molecule has 0 bridgehead atoms. The first-order valence-electron chi connectivity index (χ1n) is 9.49. The molecular formula is C21H24N4O3S. The predicted molar refractivity (Wildman–Crippen MR) is 113 cm³/mol. The van der Waals surface area contributed by atoms with Crippen LogP contribution in [-0.2, 0) is 16.0 Å². The van der Waals surface area contributed by atoms with Crippen LogP contribution in [0.4, 0.5) is 5.82 Å². The monoisotopic (exact) mass is 412 g/mol. The zero-order chi connectivity index (χ0) is 21.0. The molecule has 0 aliphatic carbocycles. The first-order valence-corrected chi connectivity index (χ1v) is 10.4. The molecule has 0 aliphatic rings. The summed E-state index contributed by atoms with van der Waals surface area (Å²) >= 11 is 1.36. The molecule has 3 rings (SSSR count). The summed E-state index contributed by atoms with van der Waals surface area (Å²) in [5.41, 5.74) is 2.37. The number of hydrogen-bond donors (Lipinski definition) is 1. The Morgan fingerprint density at radius 1 is 1.17 bits per heavy atom. The van der Waals surface area contributed by atoms with Gasteiger partial charge in [-0.2, -0.15) is 5.10 Å². The second-order valence-electron chi connectivity index (χ2n) is 6.88. The molecule has 3 aromatic rings. The summed E-state index contributed by atoms with van der Waals surface area (Å²) in [6, 6.07) is 9.86. The van der Waals surface area contributed by atoms with Crippen molar-refractivity contribution < 1.29 is 14.3 Å². The Kier molecular flexibility index (Phi) is 6.43. The van der Waals surface area contributed by atoms with Gasteiger partial charge in [0.2, 0.25) is 0 Å². The molecule has 1 N–H and O–H groups in total. The Balaban J connectivity index is 1.62. The number of nitrogens with one attached hydrogen (secondary N) is 1. The van der Waals surface area contributed by atoms with Gasteiger partial charge in [0.1, 0.15) is 10.8 Å². The fourth-order valence-electron chi connectivity index (χ4n) is 2.71. The Labute approximate surface area is 173 Å². The van der Waals surface area contributed by atoms with Crippen LogP contribution in [0.25, 0.3) is 10.6 Å². The van der Waals surface area contributed by atoms with E-state index in [4.69, 9.17) is 4.74 Å². The van der Waals surface area contributed by atoms with Crippen LogP contribution in [0.1, 0.15) is 49.8 Å². The number of aryl methyl sites for hydroxylation is 1. The SMILES string of the molecule is CCc1ccc(-c2nc(C(=O)O[C@H](C)C(=O)Nc3ccnn3C(C)C)cs2)cc1. The van der Waals surface area contributed by atoms with Crippen molar-refractivity contribution in [1.29, 1.82) is 0 Å². The lowest BCUT2D eigenvalue weighted by atomic mass is 10.1. The van der Waals surface area contributed by atoms with Crippen LogP contribution in [0.5, 0.6) is 0 Å². The van der Waals surface area contributed by atoms with Crippen LogP contribution in [0.15, 0.2) is 41.9 Å². The minimum atomic E-state index is -0.966. The molecule has 1 atom stereocenters. The Morgan fingerprint density at radius 3 is 2.55 bits per heavy atom. The van der Waals surface area contributed by atoms with Gasteiger partial charge in [-0.1, -0.05) is 31.2 Å². The number of carbonyl (C=O) groups is 2. The molecule has 0 unspecified atom stereocenters. The van der Waals surface area contributed by atoms with Crippen LogP contribution in [-0.4, -0.2) is 32.7 Å². The lowest BCUT2D eigenvalue weighted by Gasteiger charge is -2.15. The van der Waals surface area contributed by atoms with Crippen molar-refractivity contribution in [2.75, 3.05) is 5.32 Å². The second kappa shape index (κ2) is 9.00. The molecular weight excluding hydrogens is 388 g/mol. The third-order valence-electron chi connectivity index (χ3n) is 4.39. The van der Waals surface area contributed by atoms with Crippen molar-refractivity contribution in [1.82, 2.24) is 14.8 Å². The lowest BCUT2D eigenvalue weighted by molar-refractivity contribution is -0.123. The van der Waals surface area contributed by atoms with Gasteiger partial charge in [0, 0.05) is 23.1 Å². The Bertz CT molecular complexity index is 992. The van der Waals surface area contributed by atoms with Crippen LogP contribution in [0.3, 0.4) is 0 Å². The number of carbonyl (C=O) groups excluding carboxylic acids is 2. The summed E-state index contributed by atoms with van der Waals surface area (Å²) in [6.07, 6.45) is 1.61. The summed E-state index contributed by atoms with van der Waals surface area (Å²) < 4.78 is 6.98. The first kappa shape index (κ1) is 20.7. The molecule has 7 nitrogen and oxygen atoms in total. The number of benzene rings is 1. The normalized spacial score (nSPS) is 12.0. The molecule has 2 heterocycles. The van der Waals surface area contributed by atoms with Gasteiger partial charge in [0.15, 0.2) is 11.8 Å². The molecule has 2 aromatic heterocycles. The van der Waals surface area contributed by atoms with E-state index in [9.17, 15) is 9.59 Å². The lowest BCUT2D eigenvalue weighted by Crippen LogP contribution is -2.31. The third-order valence-corrected chi connectivity index (χ3v) is 5.28. The summed E-state index contributed by atoms with van der Waals surface area (Å²) in [5.74, 6) is -0.497. The maximum Gasteiger partial charge on any atom is 0.358 e. The van der Waals surface area contributed by atoms with Crippen molar-refractivity contribution >= 4 is 29.0 Å². The van der Waals surface area contributed by atoms with Crippen LogP contribution in [0.2, 0.25) is 0 Å². The van der Waals surface area contributed by atoms with Crippen LogP contribution < -0.4 is 5.32 Å². The van der Waals surface area contributed by atoms with Crippen LogP contribution >= 0.6 is 11.3 Å². The highest BCUT2D eigenvalue weighted by Gasteiger charge is 2.22. The number of rotatable bonds is 7. The summed E-state index contributed by atoms with van der Waals surface area (Å²) in [6.45, 7) is 7.55. The average Bonchev–Trinajstić information content (AvgIpc) is 3.37. The smallest absolute Gasteiger partial charge is 0.358 e. The molecule has 0 fully saturated rings. The highest BCUT2D eigenvalue weighted by Crippen LogP contribution is 2.24. The Hall–Kier alpha value is -3.00. The van der Waals surface area contributed by atoms with Crippen molar-refractivity contribution in [3.05, 3.63) is 53.2 Å². The largest absolute Gasteiger partial charge is 0.448 e. The number of amides is 1. The summed E-state index contributed by atoms with van der Waals surface area (Å²) in [4.78, 5) is 29.2. The third kappa shape index (κ3) is 4.89. The van der Waals surface area contributed by atoms with Crippen molar-refractivity contribution in [3.8, 4) is 10.6 Å². The zero-order valence-electron chi connectivity index (χ0n) is 16.9. The molecule has 0 aliphatic heterocycles. The molecule has 0 radical (unpaired) electrons. The van der Waals surface area contributed by atoms with Gasteiger partial charge in [0.05, 0.1) is 6.20 Å². The van der Waals surface area contributed by atoms with E-state index < -0.39 is 18.0 Å². The standard InChI is InChI=1S/C21H24N4O3S/c1-5-15-6-8-16(9-7-15)20-23-17(12-29-20)21(27)28-14(4)19(26)24-18-10-11-22-25(18)13(2)3/h6-14H,5H2,1-4H3,(H,24,26)/t14-/m1/s1. The van der Waals surface area contributed by atoms with E-state index in [0.29, 0.717) is 5.82 Å². The molecule has 152 valence electrons. The molecule has 1 amide bonds. The van der Waals surface area contributed by atoms with E-state index in [-0.39, 0.29) is 11.7 Å². The maximum absolute atomic E-state index is 12.4. The van der Waals surface area contributed by atoms with Gasteiger partial charge in [-0.25, -0.2) is 14.5 Å². The van der Waals surface area contributed by atoms with Crippen molar-refractivity contribution in [3.63, 3.8) is 0 Å². The summed E-state index contributed by atoms with van der Waals surface area (Å²) in [5, 5.41) is 9.28. The minimum absolute atomic E-state index is 0.0953. The van der Waals surface area contributed by atoms with Gasteiger partial charge < -0.3 is 10.1 Å². The number of esters is 1. The molecule has 29 heavy (non-hydrogen) atoms. The number of thiazole rings is 1. The number of anilines is 1. The van der Waals surface area contributed by atoms with E-state index in [1.54, 1.807) is 22.3 Å². The van der Waals surface area contributed by atoms with Gasteiger partial charge in [-0.05, 0) is 32.8 Å². The fraction of sp³-hybridized carbons (Fsp3) is 0.333. The molecule has 8 heteroatoms. The topological polar surface area (TPSA) is 86.1 Å². The fourth-order valence-corrected chi connectivity index (χ4v) is 3.51. The van der Waals surface area contributed by atoms with E-state index in [0.717, 1.165) is 17.0 Å². The minimum Gasteiger partial charge on any atom is -0.448 e. The van der Waals surface area contributed by atoms with Crippen LogP contribution in [0, 0.1) is 0 Å². The summed E-state index contributed by atoms with van der Waals surface area (Å²) in [7, 11) is 0. The highest BCUT2D eigenvalue weighted by atomic mass is 32.1. The van der Waals surface area contributed by atoms with Crippen molar-refractivity contribution in [2.45, 2.75) is 46.3 Å². The number of aromatic nitrogens is 3. The zero-order valence-corrected chi connectivity index (χ0v) is 17.7.